The summed E-state index contributed by atoms with van der Waals surface area (Å²) in [6.45, 7) is 2.21. The fourth-order valence-corrected chi connectivity index (χ4v) is 1.88. The molecule has 0 aromatic rings. The smallest absolute Gasteiger partial charge is 0.0239 e. The van der Waals surface area contributed by atoms with Crippen LogP contribution in [0.5, 0.6) is 0 Å². The lowest BCUT2D eigenvalue weighted by molar-refractivity contribution is 0.870. The Labute approximate surface area is 80.3 Å². The van der Waals surface area contributed by atoms with Gasteiger partial charge in [0.15, 0.2) is 0 Å². The van der Waals surface area contributed by atoms with Gasteiger partial charge in [0.1, 0.15) is 0 Å². The van der Waals surface area contributed by atoms with Crippen LogP contribution in [0.4, 0.5) is 0 Å². The number of allylic oxidation sites excluding steroid dienone is 8. The summed E-state index contributed by atoms with van der Waals surface area (Å²) in [6.07, 6.45) is 16.2. The van der Waals surface area contributed by atoms with E-state index in [4.69, 9.17) is 0 Å². The van der Waals surface area contributed by atoms with Crippen LogP contribution in [0.15, 0.2) is 47.1 Å². The van der Waals surface area contributed by atoms with Crippen molar-refractivity contribution in [3.05, 3.63) is 47.1 Å². The van der Waals surface area contributed by atoms with E-state index in [0.717, 1.165) is 0 Å². The Morgan fingerprint density at radius 2 is 1.77 bits per heavy atom. The van der Waals surface area contributed by atoms with Crippen molar-refractivity contribution in [3.8, 4) is 0 Å². The van der Waals surface area contributed by atoms with Gasteiger partial charge in [-0.1, -0.05) is 36.0 Å². The maximum atomic E-state index is 2.30. The summed E-state index contributed by atoms with van der Waals surface area (Å²) in [5.41, 5.74) is 4.61. The molecule has 0 amide bonds. The summed E-state index contributed by atoms with van der Waals surface area (Å²) in [6, 6.07) is 0. The summed E-state index contributed by atoms with van der Waals surface area (Å²) in [5.74, 6) is 0. The van der Waals surface area contributed by atoms with Crippen LogP contribution in [0.25, 0.3) is 0 Å². The van der Waals surface area contributed by atoms with E-state index in [1.807, 2.05) is 0 Å². The normalized spacial score (nSPS) is 22.1. The molecule has 0 saturated heterocycles. The minimum atomic E-state index is 1.21. The van der Waals surface area contributed by atoms with E-state index in [2.05, 4.69) is 37.3 Å². The van der Waals surface area contributed by atoms with Gasteiger partial charge in [-0.3, -0.25) is 0 Å². The molecule has 2 rings (SSSR count). The first-order valence-corrected chi connectivity index (χ1v) is 5.08. The van der Waals surface area contributed by atoms with Crippen LogP contribution in [0, 0.1) is 0 Å². The zero-order valence-corrected chi connectivity index (χ0v) is 8.22. The minimum Gasteiger partial charge on any atom is -0.0842 e. The van der Waals surface area contributed by atoms with Gasteiger partial charge in [0, 0.05) is 0 Å². The highest BCUT2D eigenvalue weighted by atomic mass is 14.1. The Kier molecular flexibility index (Phi) is 2.49. The van der Waals surface area contributed by atoms with Gasteiger partial charge in [0.2, 0.25) is 0 Å². The SMILES string of the molecule is CC1=CC=C(C2=CC=CCC2)CC1. The average Bonchev–Trinajstić information content (AvgIpc) is 2.20. The molecule has 13 heavy (non-hydrogen) atoms. The maximum Gasteiger partial charge on any atom is -0.0239 e. The van der Waals surface area contributed by atoms with Gasteiger partial charge >= 0.3 is 0 Å². The molecular weight excluding hydrogens is 156 g/mol. The highest BCUT2D eigenvalue weighted by molar-refractivity contribution is 5.40. The Bertz CT molecular complexity index is 311. The zero-order chi connectivity index (χ0) is 9.10. The molecule has 0 aromatic carbocycles. The molecule has 0 heteroatoms. The van der Waals surface area contributed by atoms with Crippen LogP contribution in [0.1, 0.15) is 32.6 Å². The first-order valence-electron chi connectivity index (χ1n) is 5.08. The zero-order valence-electron chi connectivity index (χ0n) is 8.22. The molecule has 0 nitrogen and oxygen atoms in total. The van der Waals surface area contributed by atoms with Gasteiger partial charge in [0.25, 0.3) is 0 Å². The van der Waals surface area contributed by atoms with E-state index in [0.29, 0.717) is 0 Å². The molecular formula is C13H16. The highest BCUT2D eigenvalue weighted by Gasteiger charge is 2.08. The Balaban J connectivity index is 2.17. The van der Waals surface area contributed by atoms with Crippen molar-refractivity contribution in [3.63, 3.8) is 0 Å². The molecule has 0 heterocycles. The van der Waals surface area contributed by atoms with Gasteiger partial charge in [0.05, 0.1) is 0 Å². The molecule has 0 unspecified atom stereocenters. The summed E-state index contributed by atoms with van der Waals surface area (Å²) in [4.78, 5) is 0. The molecule has 0 bridgehead atoms. The van der Waals surface area contributed by atoms with E-state index >= 15 is 0 Å². The van der Waals surface area contributed by atoms with Crippen molar-refractivity contribution in [1.29, 1.82) is 0 Å². The highest BCUT2D eigenvalue weighted by Crippen LogP contribution is 2.28. The van der Waals surface area contributed by atoms with Crippen LogP contribution in [0.2, 0.25) is 0 Å². The van der Waals surface area contributed by atoms with Gasteiger partial charge in [-0.25, -0.2) is 0 Å². The van der Waals surface area contributed by atoms with Crippen molar-refractivity contribution < 1.29 is 0 Å². The van der Waals surface area contributed by atoms with Crippen LogP contribution < -0.4 is 0 Å². The second kappa shape index (κ2) is 3.78. The van der Waals surface area contributed by atoms with Crippen molar-refractivity contribution in [1.82, 2.24) is 0 Å². The molecule has 0 saturated carbocycles. The summed E-state index contributed by atoms with van der Waals surface area (Å²) >= 11 is 0. The lowest BCUT2D eigenvalue weighted by Gasteiger charge is -2.16. The number of hydrogen-bond acceptors (Lipinski definition) is 0. The second-order valence-electron chi connectivity index (χ2n) is 3.86. The quantitative estimate of drug-likeness (QED) is 0.562. The van der Waals surface area contributed by atoms with Crippen LogP contribution in [-0.4, -0.2) is 0 Å². The molecule has 0 aromatic heterocycles. The van der Waals surface area contributed by atoms with Gasteiger partial charge in [-0.2, -0.15) is 0 Å². The minimum absolute atomic E-state index is 1.21. The Morgan fingerprint density at radius 3 is 2.38 bits per heavy atom. The third-order valence-electron chi connectivity index (χ3n) is 2.78. The monoisotopic (exact) mass is 172 g/mol. The van der Waals surface area contributed by atoms with E-state index in [-0.39, 0.29) is 0 Å². The average molecular weight is 172 g/mol. The summed E-state index contributed by atoms with van der Waals surface area (Å²) in [7, 11) is 0. The standard InChI is InChI=1S/C13H16/c1-11-7-9-13(10-8-11)12-5-3-2-4-6-12/h2-3,5,7,9H,4,6,8,10H2,1H3. The van der Waals surface area contributed by atoms with Crippen molar-refractivity contribution in [2.75, 3.05) is 0 Å². The fourth-order valence-electron chi connectivity index (χ4n) is 1.88. The van der Waals surface area contributed by atoms with Crippen molar-refractivity contribution in [2.45, 2.75) is 32.6 Å². The summed E-state index contributed by atoms with van der Waals surface area (Å²) in [5, 5.41) is 0. The third kappa shape index (κ3) is 2.00. The van der Waals surface area contributed by atoms with Gasteiger partial charge in [-0.15, -0.1) is 0 Å². The molecule has 0 spiro atoms. The van der Waals surface area contributed by atoms with Crippen LogP contribution >= 0.6 is 0 Å². The molecule has 0 aliphatic heterocycles. The predicted octanol–water partition coefficient (Wildman–Crippen LogP) is 3.93. The van der Waals surface area contributed by atoms with E-state index in [1.165, 1.54) is 31.3 Å². The Morgan fingerprint density at radius 1 is 0.923 bits per heavy atom. The molecule has 0 radical (unpaired) electrons. The molecule has 0 atom stereocenters. The molecule has 2 aliphatic carbocycles. The molecule has 0 fully saturated rings. The van der Waals surface area contributed by atoms with E-state index in [1.54, 1.807) is 11.1 Å². The van der Waals surface area contributed by atoms with Crippen LogP contribution in [0.3, 0.4) is 0 Å². The van der Waals surface area contributed by atoms with E-state index in [9.17, 15) is 0 Å². The maximum absolute atomic E-state index is 2.30. The number of rotatable bonds is 1. The first-order chi connectivity index (χ1) is 6.36. The first kappa shape index (κ1) is 8.55. The molecule has 68 valence electrons. The summed E-state index contributed by atoms with van der Waals surface area (Å²) < 4.78 is 0. The number of hydrogen-bond donors (Lipinski definition) is 0. The fraction of sp³-hybridized carbons (Fsp3) is 0.385. The van der Waals surface area contributed by atoms with Crippen LogP contribution in [-0.2, 0) is 0 Å². The Hall–Kier alpha value is -1.04. The predicted molar refractivity (Wildman–Crippen MR) is 57.5 cm³/mol. The topological polar surface area (TPSA) is 0 Å². The largest absolute Gasteiger partial charge is 0.0842 e. The second-order valence-corrected chi connectivity index (χ2v) is 3.86. The lowest BCUT2D eigenvalue weighted by atomic mass is 9.90. The third-order valence-corrected chi connectivity index (χ3v) is 2.78. The molecule has 0 N–H and O–H groups in total. The lowest BCUT2D eigenvalue weighted by Crippen LogP contribution is -1.96. The van der Waals surface area contributed by atoms with Crippen molar-refractivity contribution in [2.24, 2.45) is 0 Å². The molecule has 2 aliphatic rings. The van der Waals surface area contributed by atoms with Crippen molar-refractivity contribution >= 4 is 0 Å². The van der Waals surface area contributed by atoms with E-state index < -0.39 is 0 Å². The van der Waals surface area contributed by atoms with Gasteiger partial charge < -0.3 is 0 Å². The van der Waals surface area contributed by atoms with Gasteiger partial charge in [-0.05, 0) is 43.8 Å².